The molecule has 30 heavy (non-hydrogen) atoms. The highest BCUT2D eigenvalue weighted by atomic mass is 79.9. The zero-order valence-electron chi connectivity index (χ0n) is 17.1. The molecule has 1 unspecified atom stereocenters. The van der Waals surface area contributed by atoms with Gasteiger partial charge in [0.1, 0.15) is 5.66 Å². The maximum Gasteiger partial charge on any atom is 0.257 e. The lowest BCUT2D eigenvalue weighted by molar-refractivity contribution is -0.130. The third kappa shape index (κ3) is 3.41. The third-order valence-electron chi connectivity index (χ3n) is 6.09. The summed E-state index contributed by atoms with van der Waals surface area (Å²) in [6.07, 6.45) is 1.16. The molecular formula is C23H24BrN3O3. The minimum Gasteiger partial charge on any atom is -0.341 e. The Labute approximate surface area is 184 Å². The third-order valence-corrected chi connectivity index (χ3v) is 6.86. The molecule has 2 aliphatic rings. The number of amides is 3. The number of hydrogen-bond acceptors (Lipinski definition) is 3. The summed E-state index contributed by atoms with van der Waals surface area (Å²) in [6.45, 7) is 2.67. The van der Waals surface area contributed by atoms with Crippen molar-refractivity contribution < 1.29 is 14.4 Å². The Morgan fingerprint density at radius 3 is 2.60 bits per heavy atom. The number of nitrogens with zero attached hydrogens (tertiary/aromatic N) is 3. The van der Waals surface area contributed by atoms with Crippen LogP contribution in [0.5, 0.6) is 0 Å². The van der Waals surface area contributed by atoms with E-state index in [0.717, 1.165) is 10.0 Å². The molecule has 0 bridgehead atoms. The molecule has 2 aliphatic heterocycles. The molecule has 0 spiro atoms. The number of carbonyl (C=O) groups is 3. The van der Waals surface area contributed by atoms with Gasteiger partial charge in [-0.15, -0.1) is 0 Å². The van der Waals surface area contributed by atoms with E-state index in [1.54, 1.807) is 33.9 Å². The van der Waals surface area contributed by atoms with Gasteiger partial charge in [0.2, 0.25) is 11.8 Å². The van der Waals surface area contributed by atoms with E-state index in [9.17, 15) is 14.4 Å². The Balaban J connectivity index is 1.51. The number of anilines is 1. The highest BCUT2D eigenvalue weighted by Gasteiger charge is 2.52. The Morgan fingerprint density at radius 1 is 1.13 bits per heavy atom. The number of para-hydroxylation sites is 1. The minimum absolute atomic E-state index is 0.0137. The molecule has 4 rings (SSSR count). The number of rotatable bonds is 5. The summed E-state index contributed by atoms with van der Waals surface area (Å²) in [6, 6.07) is 15.0. The largest absolute Gasteiger partial charge is 0.341 e. The van der Waals surface area contributed by atoms with Crippen molar-refractivity contribution in [3.05, 3.63) is 64.1 Å². The molecule has 156 valence electrons. The van der Waals surface area contributed by atoms with Gasteiger partial charge in [-0.25, -0.2) is 0 Å². The molecule has 2 heterocycles. The zero-order valence-corrected chi connectivity index (χ0v) is 18.7. The quantitative estimate of drug-likeness (QED) is 0.668. The van der Waals surface area contributed by atoms with Gasteiger partial charge in [-0.05, 0) is 37.1 Å². The molecule has 0 saturated carbocycles. The van der Waals surface area contributed by atoms with Crippen LogP contribution in [0, 0.1) is 0 Å². The van der Waals surface area contributed by atoms with E-state index in [0.29, 0.717) is 30.6 Å². The highest BCUT2D eigenvalue weighted by molar-refractivity contribution is 9.10. The smallest absolute Gasteiger partial charge is 0.257 e. The second kappa shape index (κ2) is 7.87. The summed E-state index contributed by atoms with van der Waals surface area (Å²) >= 11 is 3.51. The lowest BCUT2D eigenvalue weighted by atomic mass is 9.98. The monoisotopic (exact) mass is 469 g/mol. The van der Waals surface area contributed by atoms with Gasteiger partial charge in [-0.3, -0.25) is 19.3 Å². The van der Waals surface area contributed by atoms with Crippen LogP contribution in [0.3, 0.4) is 0 Å². The molecule has 2 aromatic rings. The van der Waals surface area contributed by atoms with E-state index in [1.165, 1.54) is 0 Å². The van der Waals surface area contributed by atoms with Gasteiger partial charge in [0.15, 0.2) is 0 Å². The molecule has 6 nitrogen and oxygen atoms in total. The minimum atomic E-state index is -0.732. The Bertz CT molecular complexity index is 1020. The molecule has 1 saturated heterocycles. The van der Waals surface area contributed by atoms with E-state index >= 15 is 0 Å². The van der Waals surface area contributed by atoms with Crippen molar-refractivity contribution in [2.24, 2.45) is 0 Å². The van der Waals surface area contributed by atoms with E-state index in [-0.39, 0.29) is 30.7 Å². The second-order valence-corrected chi connectivity index (χ2v) is 8.87. The van der Waals surface area contributed by atoms with Gasteiger partial charge < -0.3 is 9.80 Å². The predicted octanol–water partition coefficient (Wildman–Crippen LogP) is 3.80. The average molecular weight is 470 g/mol. The van der Waals surface area contributed by atoms with E-state index in [2.05, 4.69) is 15.9 Å². The molecule has 2 aromatic carbocycles. The van der Waals surface area contributed by atoms with Gasteiger partial charge >= 0.3 is 0 Å². The summed E-state index contributed by atoms with van der Waals surface area (Å²) in [7, 11) is 1.77. The van der Waals surface area contributed by atoms with Gasteiger partial charge in [0.25, 0.3) is 5.91 Å². The van der Waals surface area contributed by atoms with Crippen molar-refractivity contribution in [2.75, 3.05) is 18.5 Å². The Kier molecular flexibility index (Phi) is 5.40. The van der Waals surface area contributed by atoms with Crippen LogP contribution in [0.2, 0.25) is 0 Å². The van der Waals surface area contributed by atoms with Gasteiger partial charge in [-0.2, -0.15) is 0 Å². The molecular weight excluding hydrogens is 446 g/mol. The van der Waals surface area contributed by atoms with E-state index < -0.39 is 5.66 Å². The summed E-state index contributed by atoms with van der Waals surface area (Å²) in [5.41, 5.74) is 1.47. The maximum atomic E-state index is 13.2. The van der Waals surface area contributed by atoms with Gasteiger partial charge in [0, 0.05) is 37.5 Å². The second-order valence-electron chi connectivity index (χ2n) is 8.01. The fourth-order valence-electron chi connectivity index (χ4n) is 4.41. The first kappa shape index (κ1) is 20.6. The topological polar surface area (TPSA) is 60.9 Å². The molecule has 1 fully saturated rings. The predicted molar refractivity (Wildman–Crippen MR) is 118 cm³/mol. The first-order chi connectivity index (χ1) is 14.3. The van der Waals surface area contributed by atoms with Crippen LogP contribution >= 0.6 is 15.9 Å². The fraction of sp³-hybridized carbons (Fsp3) is 0.348. The van der Waals surface area contributed by atoms with E-state index in [1.807, 2.05) is 43.3 Å². The molecule has 0 aromatic heterocycles. The number of hydrogen-bond donors (Lipinski definition) is 0. The molecule has 1 atom stereocenters. The molecule has 7 heteroatoms. The molecule has 0 radical (unpaired) electrons. The van der Waals surface area contributed by atoms with Crippen molar-refractivity contribution >= 4 is 39.3 Å². The number of benzene rings is 2. The fourth-order valence-corrected chi connectivity index (χ4v) is 4.82. The van der Waals surface area contributed by atoms with E-state index in [4.69, 9.17) is 0 Å². The normalized spacial score (nSPS) is 20.2. The SMILES string of the molecule is CN(Cc1ccccc1Br)C(=O)CCN1C(=O)c2ccccc2N2C(=O)CCC12C. The summed E-state index contributed by atoms with van der Waals surface area (Å²) < 4.78 is 0.958. The zero-order chi connectivity index (χ0) is 21.5. The summed E-state index contributed by atoms with van der Waals surface area (Å²) in [4.78, 5) is 43.8. The number of halogens is 1. The standard InChI is InChI=1S/C23H24BrN3O3/c1-23-13-11-21(29)27(23)19-10-6-4-8-17(19)22(30)26(23)14-12-20(28)25(2)15-16-7-3-5-9-18(16)24/h3-10H,11-15H2,1-2H3. The first-order valence-electron chi connectivity index (χ1n) is 10.0. The van der Waals surface area contributed by atoms with Crippen LogP contribution in [0.1, 0.15) is 42.1 Å². The molecule has 0 N–H and O–H groups in total. The highest BCUT2D eigenvalue weighted by Crippen LogP contribution is 2.43. The van der Waals surface area contributed by atoms with Crippen molar-refractivity contribution in [1.82, 2.24) is 9.80 Å². The lowest BCUT2D eigenvalue weighted by Crippen LogP contribution is -2.62. The van der Waals surface area contributed by atoms with Crippen LogP contribution in [-0.4, -0.2) is 46.8 Å². The van der Waals surface area contributed by atoms with Gasteiger partial charge in [-0.1, -0.05) is 46.3 Å². The van der Waals surface area contributed by atoms with Crippen LogP contribution < -0.4 is 4.90 Å². The van der Waals surface area contributed by atoms with Crippen molar-refractivity contribution in [2.45, 2.75) is 38.4 Å². The lowest BCUT2D eigenvalue weighted by Gasteiger charge is -2.48. The molecule has 0 aliphatic carbocycles. The average Bonchev–Trinajstić information content (AvgIpc) is 3.04. The van der Waals surface area contributed by atoms with Crippen LogP contribution in [0.25, 0.3) is 0 Å². The van der Waals surface area contributed by atoms with Crippen LogP contribution in [-0.2, 0) is 16.1 Å². The van der Waals surface area contributed by atoms with Crippen molar-refractivity contribution in [1.29, 1.82) is 0 Å². The van der Waals surface area contributed by atoms with Crippen molar-refractivity contribution in [3.8, 4) is 0 Å². The maximum absolute atomic E-state index is 13.2. The number of fused-ring (bicyclic) bond motifs is 3. The summed E-state index contributed by atoms with van der Waals surface area (Å²) in [5, 5.41) is 0. The summed E-state index contributed by atoms with van der Waals surface area (Å²) in [5.74, 6) is -0.156. The number of carbonyl (C=O) groups excluding carboxylic acids is 3. The Hall–Kier alpha value is -2.67. The van der Waals surface area contributed by atoms with Crippen molar-refractivity contribution in [3.63, 3.8) is 0 Å². The first-order valence-corrected chi connectivity index (χ1v) is 10.8. The Morgan fingerprint density at radius 2 is 1.83 bits per heavy atom. The van der Waals surface area contributed by atoms with Gasteiger partial charge in [0.05, 0.1) is 11.3 Å². The molecule has 3 amide bonds. The van der Waals surface area contributed by atoms with Crippen LogP contribution in [0.15, 0.2) is 53.0 Å². The van der Waals surface area contributed by atoms with Crippen LogP contribution in [0.4, 0.5) is 5.69 Å².